The van der Waals surface area contributed by atoms with Crippen molar-refractivity contribution in [2.75, 3.05) is 7.11 Å². The van der Waals surface area contributed by atoms with Crippen molar-refractivity contribution in [3.63, 3.8) is 0 Å². The fourth-order valence-electron chi connectivity index (χ4n) is 1.75. The largest absolute Gasteiger partial charge is 0.489 e. The molecular formula is C15H17NO3S. The Hall–Kier alpha value is -1.85. The summed E-state index contributed by atoms with van der Waals surface area (Å²) in [5, 5.41) is 4.08. The molecule has 5 heteroatoms. The molecule has 0 amide bonds. The number of nitrogens with two attached hydrogens (primary N) is 1. The molecule has 4 nitrogen and oxygen atoms in total. The first-order chi connectivity index (χ1) is 9.69. The lowest BCUT2D eigenvalue weighted by Gasteiger charge is -2.10. The van der Waals surface area contributed by atoms with Crippen LogP contribution < -0.4 is 10.5 Å². The summed E-state index contributed by atoms with van der Waals surface area (Å²) in [5.41, 5.74) is 7.85. The quantitative estimate of drug-likeness (QED) is 0.830. The molecule has 2 rings (SSSR count). The van der Waals surface area contributed by atoms with Gasteiger partial charge >= 0.3 is 5.97 Å². The summed E-state index contributed by atoms with van der Waals surface area (Å²) in [6, 6.07) is 8.99. The first-order valence-electron chi connectivity index (χ1n) is 6.25. The zero-order valence-electron chi connectivity index (χ0n) is 11.2. The Balaban J connectivity index is 1.87. The van der Waals surface area contributed by atoms with Gasteiger partial charge in [-0.25, -0.2) is 0 Å². The van der Waals surface area contributed by atoms with E-state index >= 15 is 0 Å². The van der Waals surface area contributed by atoms with E-state index in [0.717, 1.165) is 16.9 Å². The molecule has 0 saturated carbocycles. The number of carbonyl (C=O) groups excluding carboxylic acids is 1. The van der Waals surface area contributed by atoms with Gasteiger partial charge in [0, 0.05) is 0 Å². The van der Waals surface area contributed by atoms with Crippen LogP contribution in [0.15, 0.2) is 41.1 Å². The third-order valence-corrected chi connectivity index (χ3v) is 3.60. The average molecular weight is 291 g/mol. The fourth-order valence-corrected chi connectivity index (χ4v) is 2.41. The van der Waals surface area contributed by atoms with Gasteiger partial charge in [-0.2, -0.15) is 11.3 Å². The van der Waals surface area contributed by atoms with Gasteiger partial charge in [-0.1, -0.05) is 12.1 Å². The fraction of sp³-hybridized carbons (Fsp3) is 0.267. The number of carbonyl (C=O) groups is 1. The van der Waals surface area contributed by atoms with Crippen LogP contribution >= 0.6 is 11.3 Å². The number of thiophene rings is 1. The molecule has 0 fully saturated rings. The maximum absolute atomic E-state index is 11.2. The van der Waals surface area contributed by atoms with Gasteiger partial charge in [-0.3, -0.25) is 4.79 Å². The normalized spacial score (nSPS) is 11.9. The van der Waals surface area contributed by atoms with Crippen molar-refractivity contribution in [3.8, 4) is 5.75 Å². The molecular weight excluding hydrogens is 274 g/mol. The van der Waals surface area contributed by atoms with Crippen molar-refractivity contribution >= 4 is 17.3 Å². The van der Waals surface area contributed by atoms with Crippen LogP contribution in [-0.2, 0) is 22.6 Å². The van der Waals surface area contributed by atoms with E-state index in [4.69, 9.17) is 10.5 Å². The van der Waals surface area contributed by atoms with Crippen LogP contribution in [0.4, 0.5) is 0 Å². The standard InChI is InChI=1S/C15H17NO3S/c1-18-15(17)14(16)8-11-2-4-13(5-3-11)19-9-12-6-7-20-10-12/h2-7,10,14H,8-9,16H2,1H3/t14-/m0/s1. The van der Waals surface area contributed by atoms with Gasteiger partial charge < -0.3 is 15.2 Å². The van der Waals surface area contributed by atoms with E-state index < -0.39 is 12.0 Å². The molecule has 0 radical (unpaired) electrons. The smallest absolute Gasteiger partial charge is 0.322 e. The van der Waals surface area contributed by atoms with Crippen LogP contribution in [0.2, 0.25) is 0 Å². The number of rotatable bonds is 6. The van der Waals surface area contributed by atoms with Crippen molar-refractivity contribution in [3.05, 3.63) is 52.2 Å². The predicted octanol–water partition coefficient (Wildman–Crippen LogP) is 2.37. The van der Waals surface area contributed by atoms with Crippen molar-refractivity contribution in [1.29, 1.82) is 0 Å². The lowest BCUT2D eigenvalue weighted by Crippen LogP contribution is -2.33. The molecule has 0 unspecified atom stereocenters. The molecule has 0 aliphatic carbocycles. The molecule has 0 spiro atoms. The predicted molar refractivity (Wildman–Crippen MR) is 78.8 cm³/mol. The second-order valence-electron chi connectivity index (χ2n) is 4.40. The highest BCUT2D eigenvalue weighted by Gasteiger charge is 2.13. The third kappa shape index (κ3) is 4.08. The number of methoxy groups -OCH3 is 1. The lowest BCUT2D eigenvalue weighted by atomic mass is 10.1. The summed E-state index contributed by atoms with van der Waals surface area (Å²) in [6.45, 7) is 0.560. The van der Waals surface area contributed by atoms with Crippen LogP contribution in [0.1, 0.15) is 11.1 Å². The van der Waals surface area contributed by atoms with Crippen LogP contribution in [0.3, 0.4) is 0 Å². The molecule has 20 heavy (non-hydrogen) atoms. The van der Waals surface area contributed by atoms with Crippen LogP contribution in [-0.4, -0.2) is 19.1 Å². The highest BCUT2D eigenvalue weighted by atomic mass is 32.1. The molecule has 0 aliphatic heterocycles. The molecule has 0 saturated heterocycles. The highest BCUT2D eigenvalue weighted by Crippen LogP contribution is 2.16. The zero-order valence-corrected chi connectivity index (χ0v) is 12.1. The van der Waals surface area contributed by atoms with Gasteiger partial charge in [0.1, 0.15) is 18.4 Å². The minimum absolute atomic E-state index is 0.400. The summed E-state index contributed by atoms with van der Waals surface area (Å²) < 4.78 is 10.3. The monoisotopic (exact) mass is 291 g/mol. The molecule has 1 aromatic heterocycles. The van der Waals surface area contributed by atoms with E-state index in [1.807, 2.05) is 35.7 Å². The molecule has 1 atom stereocenters. The number of ether oxygens (including phenoxy) is 2. The summed E-state index contributed by atoms with van der Waals surface area (Å²) in [4.78, 5) is 11.2. The minimum Gasteiger partial charge on any atom is -0.489 e. The molecule has 2 aromatic rings. The number of esters is 1. The topological polar surface area (TPSA) is 61.5 Å². The van der Waals surface area contributed by atoms with Crippen molar-refractivity contribution in [1.82, 2.24) is 0 Å². The Morgan fingerprint density at radius 2 is 2.00 bits per heavy atom. The van der Waals surface area contributed by atoms with E-state index in [-0.39, 0.29) is 0 Å². The van der Waals surface area contributed by atoms with E-state index in [9.17, 15) is 4.79 Å². The van der Waals surface area contributed by atoms with Crippen LogP contribution in [0, 0.1) is 0 Å². The van der Waals surface area contributed by atoms with Gasteiger partial charge in [-0.15, -0.1) is 0 Å². The van der Waals surface area contributed by atoms with Gasteiger partial charge in [0.25, 0.3) is 0 Å². The maximum Gasteiger partial charge on any atom is 0.322 e. The van der Waals surface area contributed by atoms with E-state index in [0.29, 0.717) is 13.0 Å². The molecule has 0 bridgehead atoms. The third-order valence-electron chi connectivity index (χ3n) is 2.87. The Morgan fingerprint density at radius 3 is 2.60 bits per heavy atom. The maximum atomic E-state index is 11.2. The van der Waals surface area contributed by atoms with Gasteiger partial charge in [0.15, 0.2) is 0 Å². The van der Waals surface area contributed by atoms with Gasteiger partial charge in [0.2, 0.25) is 0 Å². The van der Waals surface area contributed by atoms with E-state index in [1.165, 1.54) is 7.11 Å². The summed E-state index contributed by atoms with van der Waals surface area (Å²) in [7, 11) is 1.34. The Bertz CT molecular complexity index is 537. The number of hydrogen-bond donors (Lipinski definition) is 1. The van der Waals surface area contributed by atoms with Crippen molar-refractivity contribution < 1.29 is 14.3 Å². The SMILES string of the molecule is COC(=O)[C@@H](N)Cc1ccc(OCc2ccsc2)cc1. The Morgan fingerprint density at radius 1 is 1.25 bits per heavy atom. The van der Waals surface area contributed by atoms with Crippen molar-refractivity contribution in [2.24, 2.45) is 5.73 Å². The van der Waals surface area contributed by atoms with Crippen LogP contribution in [0.25, 0.3) is 0 Å². The highest BCUT2D eigenvalue weighted by molar-refractivity contribution is 7.07. The summed E-state index contributed by atoms with van der Waals surface area (Å²) in [5.74, 6) is 0.398. The van der Waals surface area contributed by atoms with E-state index in [2.05, 4.69) is 10.1 Å². The zero-order chi connectivity index (χ0) is 14.4. The first kappa shape index (κ1) is 14.6. The molecule has 1 heterocycles. The Labute approximate surface area is 122 Å². The molecule has 1 aromatic carbocycles. The Kier molecular flexibility index (Phi) is 5.15. The summed E-state index contributed by atoms with van der Waals surface area (Å²) >= 11 is 1.65. The first-order valence-corrected chi connectivity index (χ1v) is 7.19. The minimum atomic E-state index is -0.627. The molecule has 106 valence electrons. The van der Waals surface area contributed by atoms with Crippen LogP contribution in [0.5, 0.6) is 5.75 Å². The van der Waals surface area contributed by atoms with Gasteiger partial charge in [-0.05, 0) is 46.5 Å². The lowest BCUT2D eigenvalue weighted by molar-refractivity contribution is -0.142. The van der Waals surface area contributed by atoms with E-state index in [1.54, 1.807) is 11.3 Å². The average Bonchev–Trinajstić information content (AvgIpc) is 2.99. The molecule has 2 N–H and O–H groups in total. The number of benzene rings is 1. The summed E-state index contributed by atoms with van der Waals surface area (Å²) in [6.07, 6.45) is 0.456. The molecule has 0 aliphatic rings. The van der Waals surface area contributed by atoms with Crippen molar-refractivity contribution in [2.45, 2.75) is 19.1 Å². The number of hydrogen-bond acceptors (Lipinski definition) is 5. The van der Waals surface area contributed by atoms with Gasteiger partial charge in [0.05, 0.1) is 7.11 Å². The second kappa shape index (κ2) is 7.07. The second-order valence-corrected chi connectivity index (χ2v) is 5.18.